The van der Waals surface area contributed by atoms with E-state index in [0.717, 1.165) is 7.11 Å². The highest BCUT2D eigenvalue weighted by atomic mass is 19.1. The van der Waals surface area contributed by atoms with E-state index >= 15 is 4.39 Å². The first-order valence-electron chi connectivity index (χ1n) is 24.5. The zero-order chi connectivity index (χ0) is 54.8. The number of rotatable bonds is 20. The number of halogens is 1. The van der Waals surface area contributed by atoms with Crippen LogP contribution in [0, 0.1) is 18.7 Å². The van der Waals surface area contributed by atoms with Crippen LogP contribution in [0.5, 0.6) is 0 Å². The van der Waals surface area contributed by atoms with Gasteiger partial charge in [-0.2, -0.15) is 0 Å². The fraction of sp³-hybridized carbons (Fsp3) is 0.551. The Balaban J connectivity index is 0.930. The molecule has 4 aliphatic rings. The maximum Gasteiger partial charge on any atom is 0.407 e. The fourth-order valence-corrected chi connectivity index (χ4v) is 9.92. The van der Waals surface area contributed by atoms with Crippen molar-refractivity contribution >= 4 is 58.4 Å². The molecule has 2 aromatic heterocycles. The second-order valence-corrected chi connectivity index (χ2v) is 19.4. The number of amides is 7. The van der Waals surface area contributed by atoms with Crippen molar-refractivity contribution in [2.45, 2.75) is 140 Å². The Hall–Kier alpha value is -7.13. The number of carbonyl (C=O) groups excluding carboxylic acids is 8. The molecule has 0 bridgehead atoms. The van der Waals surface area contributed by atoms with Gasteiger partial charge in [-0.05, 0) is 68.2 Å². The molecule has 0 spiro atoms. The van der Waals surface area contributed by atoms with Crippen molar-refractivity contribution in [3.63, 3.8) is 0 Å². The quantitative estimate of drug-likeness (QED) is 0.0269. The van der Waals surface area contributed by atoms with Gasteiger partial charge >= 0.3 is 12.1 Å². The first-order valence-corrected chi connectivity index (χ1v) is 24.5. The summed E-state index contributed by atoms with van der Waals surface area (Å²) in [5, 5.41) is 47.8. The van der Waals surface area contributed by atoms with Gasteiger partial charge in [-0.3, -0.25) is 33.6 Å². The van der Waals surface area contributed by atoms with Crippen molar-refractivity contribution in [1.82, 2.24) is 41.5 Å². The van der Waals surface area contributed by atoms with Crippen LogP contribution in [0.1, 0.15) is 99.2 Å². The summed E-state index contributed by atoms with van der Waals surface area (Å²) in [4.78, 5) is 121. The lowest BCUT2D eigenvalue weighted by molar-refractivity contribution is -0.172. The molecule has 7 rings (SSSR count). The number of alkyl carbamates (subject to hydrolysis) is 1. The minimum atomic E-state index is -2.06. The van der Waals surface area contributed by atoms with Crippen molar-refractivity contribution < 1.29 is 77.0 Å². The van der Waals surface area contributed by atoms with Crippen LogP contribution in [-0.2, 0) is 77.7 Å². The SMILES string of the molecule is CC[C@@]1(O)C(=O)OCc2c1cc1n(c2=O)Cc2c-1nc1cc(F)c(C)c3c1c2[C@@H](NC(=O)COCNC(=O)[C@H](C)NC(=O)[C@@H](NC(=O)[C@H](CCC(=O)NC[C@H]1O[C@@H](CC(N)=O)[C@H](O)[C@@H]1O)NC(=O)OC)C(C)C)CC3. The molecule has 26 heteroatoms. The molecule has 3 aromatic rings. The predicted octanol–water partition coefficient (Wildman–Crippen LogP) is -1.65. The molecule has 1 fully saturated rings. The lowest BCUT2D eigenvalue weighted by Crippen LogP contribution is -2.58. The third kappa shape index (κ3) is 11.4. The highest BCUT2D eigenvalue weighted by Gasteiger charge is 2.47. The zero-order valence-electron chi connectivity index (χ0n) is 42.1. The Labute approximate surface area is 428 Å². The molecule has 1 aliphatic carbocycles. The van der Waals surface area contributed by atoms with Crippen molar-refractivity contribution in [2.75, 3.05) is 27.0 Å². The Morgan fingerprint density at radius 3 is 2.36 bits per heavy atom. The Kier molecular flexibility index (Phi) is 16.9. The largest absolute Gasteiger partial charge is 0.458 e. The smallest absolute Gasteiger partial charge is 0.407 e. The number of methoxy groups -OCH3 is 1. The third-order valence-electron chi connectivity index (χ3n) is 14.1. The maximum atomic E-state index is 15.4. The van der Waals surface area contributed by atoms with Gasteiger partial charge in [-0.25, -0.2) is 19.0 Å². The number of esters is 1. The van der Waals surface area contributed by atoms with Crippen LogP contribution in [0.15, 0.2) is 16.9 Å². The Bertz CT molecular complexity index is 2880. The molecule has 9 atom stereocenters. The summed E-state index contributed by atoms with van der Waals surface area (Å²) >= 11 is 0. The summed E-state index contributed by atoms with van der Waals surface area (Å²) in [6.07, 6.45) is -6.32. The van der Waals surface area contributed by atoms with Crippen LogP contribution in [0.25, 0.3) is 22.3 Å². The van der Waals surface area contributed by atoms with Gasteiger partial charge in [0.2, 0.25) is 35.4 Å². The number of nitrogens with zero attached hydrogens (tertiary/aromatic N) is 2. The average Bonchev–Trinajstić information content (AvgIpc) is 3.87. The van der Waals surface area contributed by atoms with Crippen LogP contribution in [-0.4, -0.2) is 142 Å². The number of benzene rings is 1. The summed E-state index contributed by atoms with van der Waals surface area (Å²) in [5.41, 5.74) is 6.16. The standard InChI is InChI=1S/C49H62FN9O16/c1-7-49(71)26-12-31-40-24(16-59(31)46(68)25(26)17-74-47(49)69)38-28(9-8-23-21(4)27(50)13-30(56-40)37(23)38)55-36(62)18-73-19-53-43(65)22(5)54-45(67)39(20(2)3)58-44(66)29(57-48(70)72-6)10-11-35(61)52-15-33-42(64)41(63)32(75-33)14-34(51)60/h12-13,20,22,28-29,32-33,39,41-42,63-64,71H,7-11,14-19H2,1-6H3,(H2,51,60)(H,52,61)(H,53,65)(H,54,67)(H,55,62)(H,57,70)(H,58,66)/t22-,28-,29-,32-,33+,39-,41-,42+,49-/m0/s1. The Morgan fingerprint density at radius 1 is 0.960 bits per heavy atom. The number of ether oxygens (including phenoxy) is 4. The Morgan fingerprint density at radius 2 is 1.68 bits per heavy atom. The highest BCUT2D eigenvalue weighted by Crippen LogP contribution is 2.46. The van der Waals surface area contributed by atoms with Gasteiger partial charge < -0.3 is 76.5 Å². The summed E-state index contributed by atoms with van der Waals surface area (Å²) in [7, 11) is 1.06. The predicted molar refractivity (Wildman–Crippen MR) is 258 cm³/mol. The molecule has 0 unspecified atom stereocenters. The van der Waals surface area contributed by atoms with E-state index in [1.54, 1.807) is 33.8 Å². The number of aliphatic hydroxyl groups excluding tert-OH is 2. The molecule has 5 heterocycles. The molecule has 11 N–H and O–H groups in total. The van der Waals surface area contributed by atoms with Crippen molar-refractivity contribution in [1.29, 1.82) is 0 Å². The van der Waals surface area contributed by atoms with Gasteiger partial charge in [0.05, 0.1) is 54.7 Å². The first-order chi connectivity index (χ1) is 35.5. The molecule has 406 valence electrons. The van der Waals surface area contributed by atoms with E-state index in [9.17, 15) is 58.5 Å². The van der Waals surface area contributed by atoms with Crippen LogP contribution >= 0.6 is 0 Å². The molecule has 3 aliphatic heterocycles. The normalized spacial score (nSPS) is 22.4. The average molecular weight is 1050 g/mol. The summed E-state index contributed by atoms with van der Waals surface area (Å²) in [6.45, 7) is 6.31. The number of primary amides is 1. The first kappa shape index (κ1) is 55.6. The van der Waals surface area contributed by atoms with E-state index in [1.807, 2.05) is 0 Å². The number of hydrogen-bond donors (Lipinski definition) is 10. The fourth-order valence-electron chi connectivity index (χ4n) is 9.92. The van der Waals surface area contributed by atoms with Gasteiger partial charge in [0.15, 0.2) is 5.60 Å². The second kappa shape index (κ2) is 22.8. The van der Waals surface area contributed by atoms with Gasteiger partial charge in [0.25, 0.3) is 5.56 Å². The lowest BCUT2D eigenvalue weighted by Gasteiger charge is -2.31. The van der Waals surface area contributed by atoms with E-state index in [-0.39, 0.29) is 56.5 Å². The van der Waals surface area contributed by atoms with E-state index < -0.39 is 132 Å². The number of hydrogen-bond acceptors (Lipinski definition) is 17. The van der Waals surface area contributed by atoms with Crippen LogP contribution in [0.4, 0.5) is 9.18 Å². The minimum Gasteiger partial charge on any atom is -0.458 e. The number of pyridine rings is 2. The van der Waals surface area contributed by atoms with Gasteiger partial charge in [0.1, 0.15) is 62.2 Å². The van der Waals surface area contributed by atoms with Crippen molar-refractivity contribution in [3.8, 4) is 11.4 Å². The molecule has 1 aromatic carbocycles. The molecule has 1 saturated heterocycles. The molecule has 0 saturated carbocycles. The van der Waals surface area contributed by atoms with Crippen LogP contribution in [0.3, 0.4) is 0 Å². The number of fused-ring (bicyclic) bond motifs is 5. The molecule has 25 nitrogen and oxygen atoms in total. The molecule has 7 amide bonds. The topological polar surface area (TPSA) is 367 Å². The summed E-state index contributed by atoms with van der Waals surface area (Å²) in [6, 6.07) is -1.63. The van der Waals surface area contributed by atoms with Gasteiger partial charge in [0, 0.05) is 35.5 Å². The summed E-state index contributed by atoms with van der Waals surface area (Å²) < 4.78 is 37.6. The number of nitrogens with one attached hydrogen (secondary N) is 6. The monoisotopic (exact) mass is 1050 g/mol. The molecule has 0 radical (unpaired) electrons. The lowest BCUT2D eigenvalue weighted by atomic mass is 9.81. The van der Waals surface area contributed by atoms with Crippen LogP contribution < -0.4 is 43.2 Å². The van der Waals surface area contributed by atoms with E-state index in [2.05, 4.69) is 36.6 Å². The van der Waals surface area contributed by atoms with Crippen LogP contribution in [0.2, 0.25) is 0 Å². The van der Waals surface area contributed by atoms with Crippen molar-refractivity contribution in [3.05, 3.63) is 61.7 Å². The maximum absolute atomic E-state index is 15.4. The molecular formula is C49H62FN9O16. The number of aliphatic hydroxyl groups is 3. The third-order valence-corrected chi connectivity index (χ3v) is 14.1. The molecule has 75 heavy (non-hydrogen) atoms. The van der Waals surface area contributed by atoms with E-state index in [0.29, 0.717) is 57.4 Å². The number of nitrogens with two attached hydrogens (primary N) is 1. The summed E-state index contributed by atoms with van der Waals surface area (Å²) in [5.74, 6) is -6.24. The van der Waals surface area contributed by atoms with E-state index in [1.165, 1.54) is 17.6 Å². The number of aryl methyl sites for hydroxylation is 1. The van der Waals surface area contributed by atoms with Crippen molar-refractivity contribution in [2.24, 2.45) is 11.7 Å². The number of aromatic nitrogens is 2. The number of cyclic esters (lactones) is 1. The second-order valence-electron chi connectivity index (χ2n) is 19.4. The molecular weight excluding hydrogens is 990 g/mol. The van der Waals surface area contributed by atoms with Gasteiger partial charge in [-0.1, -0.05) is 20.8 Å². The number of carbonyl (C=O) groups is 8. The highest BCUT2D eigenvalue weighted by molar-refractivity contribution is 5.95. The zero-order valence-corrected chi connectivity index (χ0v) is 42.1. The van der Waals surface area contributed by atoms with Gasteiger partial charge in [-0.15, -0.1) is 0 Å². The minimum absolute atomic E-state index is 0.0353. The van der Waals surface area contributed by atoms with E-state index in [4.69, 9.17) is 24.9 Å².